The number of anilines is 1. The number of halogens is 1. The molecule has 0 saturated heterocycles. The van der Waals surface area contributed by atoms with Crippen molar-refractivity contribution in [3.63, 3.8) is 0 Å². The number of pyridine rings is 2. The van der Waals surface area contributed by atoms with Gasteiger partial charge < -0.3 is 5.32 Å². The number of carbonyl (C=O) groups is 1. The normalized spacial score (nSPS) is 10.2. The van der Waals surface area contributed by atoms with Crippen LogP contribution in [0.2, 0.25) is 0 Å². The highest BCUT2D eigenvalue weighted by atomic mass is 79.9. The van der Waals surface area contributed by atoms with Crippen molar-refractivity contribution in [1.29, 1.82) is 0 Å². The van der Waals surface area contributed by atoms with Crippen LogP contribution in [-0.4, -0.2) is 15.9 Å². The molecule has 0 atom stereocenters. The van der Waals surface area contributed by atoms with E-state index in [0.29, 0.717) is 12.2 Å². The monoisotopic (exact) mass is 319 g/mol. The Bertz CT molecular complexity index is 545. The van der Waals surface area contributed by atoms with E-state index in [1.165, 1.54) is 0 Å². The van der Waals surface area contributed by atoms with E-state index in [1.54, 1.807) is 18.5 Å². The van der Waals surface area contributed by atoms with Gasteiger partial charge >= 0.3 is 0 Å². The van der Waals surface area contributed by atoms with Crippen LogP contribution in [0.1, 0.15) is 18.5 Å². The number of aryl methyl sites for hydroxylation is 1. The summed E-state index contributed by atoms with van der Waals surface area (Å²) < 4.78 is 0.895. The van der Waals surface area contributed by atoms with Gasteiger partial charge in [-0.3, -0.25) is 9.78 Å². The van der Waals surface area contributed by atoms with Gasteiger partial charge in [-0.2, -0.15) is 0 Å². The van der Waals surface area contributed by atoms with Crippen molar-refractivity contribution in [1.82, 2.24) is 9.97 Å². The molecule has 0 aromatic carbocycles. The molecule has 0 radical (unpaired) electrons. The zero-order chi connectivity index (χ0) is 13.5. The van der Waals surface area contributed by atoms with E-state index in [-0.39, 0.29) is 5.91 Å². The maximum absolute atomic E-state index is 11.7. The molecule has 4 nitrogen and oxygen atoms in total. The molecule has 19 heavy (non-hydrogen) atoms. The summed E-state index contributed by atoms with van der Waals surface area (Å²) in [5.74, 6) is 0.541. The lowest BCUT2D eigenvalue weighted by Crippen LogP contribution is -2.12. The van der Waals surface area contributed by atoms with Gasteiger partial charge in [0.15, 0.2) is 0 Å². The molecule has 2 rings (SSSR count). The number of nitrogens with one attached hydrogen (secondary N) is 1. The average Bonchev–Trinajstić information content (AvgIpc) is 2.40. The minimum Gasteiger partial charge on any atom is -0.311 e. The quantitative estimate of drug-likeness (QED) is 0.920. The molecule has 0 bridgehead atoms. The van der Waals surface area contributed by atoms with E-state index in [4.69, 9.17) is 0 Å². The third kappa shape index (κ3) is 4.79. The molecule has 0 aliphatic rings. The molecule has 98 valence electrons. The van der Waals surface area contributed by atoms with Crippen molar-refractivity contribution in [3.8, 4) is 0 Å². The first-order valence-corrected chi connectivity index (χ1v) is 6.84. The van der Waals surface area contributed by atoms with Crippen LogP contribution in [0, 0.1) is 0 Å². The van der Waals surface area contributed by atoms with Crippen molar-refractivity contribution in [3.05, 3.63) is 52.9 Å². The number of carbonyl (C=O) groups excluding carboxylic acids is 1. The summed E-state index contributed by atoms with van der Waals surface area (Å²) in [5, 5.41) is 2.77. The fraction of sp³-hybridized carbons (Fsp3) is 0.214. The molecule has 2 aromatic heterocycles. The minimum atomic E-state index is -0.0264. The van der Waals surface area contributed by atoms with Crippen molar-refractivity contribution < 1.29 is 4.79 Å². The van der Waals surface area contributed by atoms with E-state index in [0.717, 1.165) is 23.0 Å². The van der Waals surface area contributed by atoms with Crippen LogP contribution >= 0.6 is 15.9 Å². The molecule has 0 spiro atoms. The highest BCUT2D eigenvalue weighted by Gasteiger charge is 2.04. The molecular formula is C14H14BrN3O. The molecule has 0 unspecified atom stereocenters. The number of hydrogen-bond donors (Lipinski definition) is 1. The molecule has 5 heteroatoms. The molecule has 0 aliphatic carbocycles. The van der Waals surface area contributed by atoms with Gasteiger partial charge in [-0.25, -0.2) is 4.98 Å². The summed E-state index contributed by atoms with van der Waals surface area (Å²) >= 11 is 3.34. The molecule has 0 saturated carbocycles. The van der Waals surface area contributed by atoms with Gasteiger partial charge in [-0.15, -0.1) is 0 Å². The molecule has 0 aliphatic heterocycles. The largest absolute Gasteiger partial charge is 0.311 e. The second-order valence-electron chi connectivity index (χ2n) is 4.08. The van der Waals surface area contributed by atoms with Gasteiger partial charge in [0.1, 0.15) is 5.82 Å². The smallest absolute Gasteiger partial charge is 0.225 e. The van der Waals surface area contributed by atoms with Crippen LogP contribution in [0.25, 0.3) is 0 Å². The van der Waals surface area contributed by atoms with E-state index < -0.39 is 0 Å². The Balaban J connectivity index is 1.76. The van der Waals surface area contributed by atoms with Gasteiger partial charge in [-0.05, 0) is 37.1 Å². The van der Waals surface area contributed by atoms with E-state index in [2.05, 4.69) is 31.2 Å². The molecule has 2 aromatic rings. The molecular weight excluding hydrogens is 306 g/mol. The second kappa shape index (κ2) is 6.99. The number of nitrogens with zero attached hydrogens (tertiary/aromatic N) is 2. The fourth-order valence-corrected chi connectivity index (χ4v) is 1.99. The standard InChI is InChI=1S/C14H14BrN3O/c15-11-7-9-17-13(10-11)18-14(19)6-3-5-12-4-1-2-8-16-12/h1-2,4,7-10H,3,5-6H2,(H,17,18,19). The Hall–Kier alpha value is -1.75. The van der Waals surface area contributed by atoms with Crippen LogP contribution in [0.3, 0.4) is 0 Å². The minimum absolute atomic E-state index is 0.0264. The Kier molecular flexibility index (Phi) is 5.03. The zero-order valence-electron chi connectivity index (χ0n) is 10.3. The summed E-state index contributed by atoms with van der Waals surface area (Å²) in [6.45, 7) is 0. The van der Waals surface area contributed by atoms with Crippen LogP contribution in [0.5, 0.6) is 0 Å². The molecule has 2 heterocycles. The van der Waals surface area contributed by atoms with Gasteiger partial charge in [-0.1, -0.05) is 22.0 Å². The number of amides is 1. The maximum Gasteiger partial charge on any atom is 0.225 e. The maximum atomic E-state index is 11.7. The van der Waals surface area contributed by atoms with E-state index in [9.17, 15) is 4.79 Å². The Morgan fingerprint density at radius 1 is 1.21 bits per heavy atom. The lowest BCUT2D eigenvalue weighted by molar-refractivity contribution is -0.116. The highest BCUT2D eigenvalue weighted by Crippen LogP contribution is 2.13. The van der Waals surface area contributed by atoms with Crippen LogP contribution in [0.15, 0.2) is 47.2 Å². The fourth-order valence-electron chi connectivity index (χ4n) is 1.65. The van der Waals surface area contributed by atoms with Gasteiger partial charge in [0.2, 0.25) is 5.91 Å². The van der Waals surface area contributed by atoms with Gasteiger partial charge in [0.05, 0.1) is 0 Å². The van der Waals surface area contributed by atoms with Crippen LogP contribution in [0.4, 0.5) is 5.82 Å². The number of rotatable bonds is 5. The second-order valence-corrected chi connectivity index (χ2v) is 5.00. The van der Waals surface area contributed by atoms with Crippen molar-refractivity contribution in [2.45, 2.75) is 19.3 Å². The third-order valence-corrected chi connectivity index (χ3v) is 3.05. The van der Waals surface area contributed by atoms with Crippen molar-refractivity contribution in [2.75, 3.05) is 5.32 Å². The number of hydrogen-bond acceptors (Lipinski definition) is 3. The third-order valence-electron chi connectivity index (χ3n) is 2.55. The van der Waals surface area contributed by atoms with Crippen LogP contribution in [-0.2, 0) is 11.2 Å². The highest BCUT2D eigenvalue weighted by molar-refractivity contribution is 9.10. The zero-order valence-corrected chi connectivity index (χ0v) is 11.9. The Morgan fingerprint density at radius 3 is 2.84 bits per heavy atom. The predicted octanol–water partition coefficient (Wildman–Crippen LogP) is 3.20. The molecule has 1 amide bonds. The first-order chi connectivity index (χ1) is 9.24. The summed E-state index contributed by atoms with van der Waals surface area (Å²) in [7, 11) is 0. The van der Waals surface area contributed by atoms with E-state index >= 15 is 0 Å². The Labute approximate surface area is 120 Å². The predicted molar refractivity (Wildman–Crippen MR) is 77.7 cm³/mol. The first-order valence-electron chi connectivity index (χ1n) is 6.05. The SMILES string of the molecule is O=C(CCCc1ccccn1)Nc1cc(Br)ccn1. The number of aromatic nitrogens is 2. The lowest BCUT2D eigenvalue weighted by atomic mass is 10.2. The lowest BCUT2D eigenvalue weighted by Gasteiger charge is -2.04. The van der Waals surface area contributed by atoms with E-state index in [1.807, 2.05) is 24.3 Å². The van der Waals surface area contributed by atoms with Crippen LogP contribution < -0.4 is 5.32 Å². The van der Waals surface area contributed by atoms with Crippen molar-refractivity contribution in [2.24, 2.45) is 0 Å². The summed E-state index contributed by atoms with van der Waals surface area (Å²) in [4.78, 5) is 20.0. The summed E-state index contributed by atoms with van der Waals surface area (Å²) in [5.41, 5.74) is 1.01. The van der Waals surface area contributed by atoms with Crippen molar-refractivity contribution >= 4 is 27.7 Å². The molecule has 0 fully saturated rings. The first kappa shape index (κ1) is 13.7. The topological polar surface area (TPSA) is 54.9 Å². The Morgan fingerprint density at radius 2 is 2.11 bits per heavy atom. The van der Waals surface area contributed by atoms with Gasteiger partial charge in [0, 0.05) is 29.0 Å². The van der Waals surface area contributed by atoms with Gasteiger partial charge in [0.25, 0.3) is 0 Å². The summed E-state index contributed by atoms with van der Waals surface area (Å²) in [6.07, 6.45) is 5.45. The average molecular weight is 320 g/mol. The molecule has 1 N–H and O–H groups in total. The summed E-state index contributed by atoms with van der Waals surface area (Å²) in [6, 6.07) is 9.39.